The molecule has 0 aromatic heterocycles. The van der Waals surface area contributed by atoms with E-state index in [2.05, 4.69) is 26.6 Å². The molecule has 0 aliphatic heterocycles. The smallest absolute Gasteiger partial charge is 0.273 e. The maximum atomic E-state index is 11.0. The lowest BCUT2D eigenvalue weighted by Gasteiger charge is -2.12. The first-order valence-electron chi connectivity index (χ1n) is 6.56. The first-order valence-corrected chi connectivity index (χ1v) is 7.35. The fraction of sp³-hybridized carbons (Fsp3) is 0.200. The Morgan fingerprint density at radius 1 is 1.19 bits per heavy atom. The third-order valence-corrected chi connectivity index (χ3v) is 3.48. The van der Waals surface area contributed by atoms with Crippen molar-refractivity contribution in [2.75, 3.05) is 17.2 Å². The van der Waals surface area contributed by atoms with Gasteiger partial charge >= 0.3 is 0 Å². The Hall–Kier alpha value is -2.08. The Balaban J connectivity index is 2.38. The van der Waals surface area contributed by atoms with Gasteiger partial charge in [-0.05, 0) is 37.6 Å². The van der Waals surface area contributed by atoms with E-state index in [0.717, 1.165) is 21.4 Å². The summed E-state index contributed by atoms with van der Waals surface area (Å²) in [5.74, 6) is 0. The second-order valence-electron chi connectivity index (χ2n) is 4.64. The number of non-ortho nitro benzene ring substituents is 1. The van der Waals surface area contributed by atoms with Gasteiger partial charge in [0.1, 0.15) is 0 Å². The normalized spacial score (nSPS) is 10.2. The summed E-state index contributed by atoms with van der Waals surface area (Å²) in [4.78, 5) is 10.6. The van der Waals surface area contributed by atoms with Crippen molar-refractivity contribution >= 4 is 38.7 Å². The number of benzene rings is 2. The van der Waals surface area contributed by atoms with Gasteiger partial charge in [0.2, 0.25) is 0 Å². The van der Waals surface area contributed by atoms with E-state index in [9.17, 15) is 10.1 Å². The van der Waals surface area contributed by atoms with Gasteiger partial charge in [-0.1, -0.05) is 22.0 Å². The van der Waals surface area contributed by atoms with Crippen LogP contribution >= 0.6 is 15.9 Å². The molecular weight excluding hydrogens is 334 g/mol. The number of nitro groups is 1. The van der Waals surface area contributed by atoms with Crippen LogP contribution < -0.4 is 10.6 Å². The number of nitrogens with zero attached hydrogens (tertiary/aromatic N) is 1. The predicted molar refractivity (Wildman–Crippen MR) is 89.4 cm³/mol. The molecule has 0 bridgehead atoms. The van der Waals surface area contributed by atoms with Gasteiger partial charge in [0.25, 0.3) is 5.69 Å². The van der Waals surface area contributed by atoms with Crippen LogP contribution in [0, 0.1) is 17.0 Å². The number of hydrogen-bond donors (Lipinski definition) is 2. The minimum Gasteiger partial charge on any atom is -0.385 e. The molecule has 2 rings (SSSR count). The summed E-state index contributed by atoms with van der Waals surface area (Å²) >= 11 is 3.43. The summed E-state index contributed by atoms with van der Waals surface area (Å²) in [5.41, 5.74) is 3.44. The second-order valence-corrected chi connectivity index (χ2v) is 5.56. The van der Waals surface area contributed by atoms with Crippen LogP contribution in [0.25, 0.3) is 0 Å². The predicted octanol–water partition coefficient (Wildman–Crippen LogP) is 4.84. The van der Waals surface area contributed by atoms with Crippen molar-refractivity contribution < 1.29 is 4.92 Å². The number of nitro benzene ring substituents is 1. The van der Waals surface area contributed by atoms with Gasteiger partial charge in [0.05, 0.1) is 4.92 Å². The molecule has 0 saturated carbocycles. The zero-order chi connectivity index (χ0) is 15.4. The van der Waals surface area contributed by atoms with E-state index in [4.69, 9.17) is 0 Å². The van der Waals surface area contributed by atoms with E-state index in [1.807, 2.05) is 38.1 Å². The van der Waals surface area contributed by atoms with Crippen molar-refractivity contribution in [3.63, 3.8) is 0 Å². The highest BCUT2D eigenvalue weighted by Crippen LogP contribution is 2.29. The molecule has 0 atom stereocenters. The molecule has 0 amide bonds. The highest BCUT2D eigenvalue weighted by atomic mass is 79.9. The summed E-state index contributed by atoms with van der Waals surface area (Å²) in [5, 5.41) is 17.4. The lowest BCUT2D eigenvalue weighted by molar-refractivity contribution is -0.384. The molecular formula is C15H16BrN3O2. The van der Waals surface area contributed by atoms with Crippen LogP contribution in [0.3, 0.4) is 0 Å². The molecule has 110 valence electrons. The van der Waals surface area contributed by atoms with Crippen LogP contribution in [0.1, 0.15) is 12.5 Å². The molecule has 0 aliphatic rings. The zero-order valence-corrected chi connectivity index (χ0v) is 13.4. The third kappa shape index (κ3) is 3.95. The van der Waals surface area contributed by atoms with Crippen molar-refractivity contribution in [1.29, 1.82) is 0 Å². The average Bonchev–Trinajstić information content (AvgIpc) is 2.43. The molecule has 2 aromatic rings. The van der Waals surface area contributed by atoms with Crippen molar-refractivity contribution in [3.05, 3.63) is 56.5 Å². The number of rotatable bonds is 5. The zero-order valence-electron chi connectivity index (χ0n) is 11.8. The van der Waals surface area contributed by atoms with E-state index in [0.29, 0.717) is 12.2 Å². The van der Waals surface area contributed by atoms with E-state index in [-0.39, 0.29) is 10.6 Å². The first-order chi connectivity index (χ1) is 9.99. The van der Waals surface area contributed by atoms with Crippen LogP contribution in [0.4, 0.5) is 22.7 Å². The molecule has 0 spiro atoms. The Morgan fingerprint density at radius 2 is 1.90 bits per heavy atom. The Bertz CT molecular complexity index is 674. The topological polar surface area (TPSA) is 67.2 Å². The summed E-state index contributed by atoms with van der Waals surface area (Å²) in [6.45, 7) is 4.64. The van der Waals surface area contributed by atoms with Crippen molar-refractivity contribution in [2.45, 2.75) is 13.8 Å². The molecule has 0 radical (unpaired) electrons. The van der Waals surface area contributed by atoms with E-state index < -0.39 is 0 Å². The minimum atomic E-state index is -0.389. The number of anilines is 3. The number of hydrogen-bond acceptors (Lipinski definition) is 4. The molecule has 0 aliphatic carbocycles. The van der Waals surface area contributed by atoms with E-state index >= 15 is 0 Å². The second kappa shape index (κ2) is 6.58. The SMILES string of the molecule is CCNc1cc(Nc2cc(Br)ccc2C)cc([N+](=O)[O-])c1. The average molecular weight is 350 g/mol. The quantitative estimate of drug-likeness (QED) is 0.598. The third-order valence-electron chi connectivity index (χ3n) is 2.99. The standard InChI is InChI=1S/C15H16BrN3O2/c1-3-17-12-7-13(9-14(8-12)19(20)21)18-15-6-11(16)5-4-10(15)2/h4-9,17-18H,3H2,1-2H3. The Labute approximate surface area is 131 Å². The molecule has 0 saturated heterocycles. The molecule has 0 unspecified atom stereocenters. The lowest BCUT2D eigenvalue weighted by atomic mass is 10.2. The van der Waals surface area contributed by atoms with Gasteiger partial charge in [0, 0.05) is 40.2 Å². The fourth-order valence-electron chi connectivity index (χ4n) is 1.98. The summed E-state index contributed by atoms with van der Waals surface area (Å²) in [7, 11) is 0. The number of halogens is 1. The van der Waals surface area contributed by atoms with E-state index in [1.54, 1.807) is 0 Å². The van der Waals surface area contributed by atoms with Gasteiger partial charge in [0.15, 0.2) is 0 Å². The summed E-state index contributed by atoms with van der Waals surface area (Å²) in [6, 6.07) is 10.8. The molecule has 2 aromatic carbocycles. The Morgan fingerprint density at radius 3 is 2.57 bits per heavy atom. The molecule has 5 nitrogen and oxygen atoms in total. The van der Waals surface area contributed by atoms with Crippen LogP contribution in [-0.4, -0.2) is 11.5 Å². The van der Waals surface area contributed by atoms with Gasteiger partial charge in [-0.25, -0.2) is 0 Å². The molecule has 21 heavy (non-hydrogen) atoms. The number of aryl methyl sites for hydroxylation is 1. The fourth-order valence-corrected chi connectivity index (χ4v) is 2.34. The van der Waals surface area contributed by atoms with Gasteiger partial charge in [-0.15, -0.1) is 0 Å². The highest BCUT2D eigenvalue weighted by molar-refractivity contribution is 9.10. The van der Waals surface area contributed by atoms with Crippen molar-refractivity contribution in [1.82, 2.24) is 0 Å². The molecule has 6 heteroatoms. The van der Waals surface area contributed by atoms with Crippen molar-refractivity contribution in [3.8, 4) is 0 Å². The van der Waals surface area contributed by atoms with E-state index in [1.165, 1.54) is 12.1 Å². The molecule has 0 heterocycles. The van der Waals surface area contributed by atoms with Gasteiger partial charge < -0.3 is 10.6 Å². The Kier molecular flexibility index (Phi) is 4.80. The monoisotopic (exact) mass is 349 g/mol. The highest BCUT2D eigenvalue weighted by Gasteiger charge is 2.10. The van der Waals surface area contributed by atoms with Gasteiger partial charge in [-0.3, -0.25) is 10.1 Å². The molecule has 2 N–H and O–H groups in total. The van der Waals surface area contributed by atoms with Crippen LogP contribution in [0.15, 0.2) is 40.9 Å². The minimum absolute atomic E-state index is 0.0589. The summed E-state index contributed by atoms with van der Waals surface area (Å²) in [6.07, 6.45) is 0. The van der Waals surface area contributed by atoms with Crippen LogP contribution in [-0.2, 0) is 0 Å². The first kappa shape index (κ1) is 15.3. The van der Waals surface area contributed by atoms with Crippen molar-refractivity contribution in [2.24, 2.45) is 0 Å². The van der Waals surface area contributed by atoms with Crippen LogP contribution in [0.5, 0.6) is 0 Å². The number of nitrogens with one attached hydrogen (secondary N) is 2. The molecule has 0 fully saturated rings. The largest absolute Gasteiger partial charge is 0.385 e. The maximum absolute atomic E-state index is 11.0. The van der Waals surface area contributed by atoms with Crippen LogP contribution in [0.2, 0.25) is 0 Å². The lowest BCUT2D eigenvalue weighted by Crippen LogP contribution is -2.00. The summed E-state index contributed by atoms with van der Waals surface area (Å²) < 4.78 is 0.952. The maximum Gasteiger partial charge on any atom is 0.273 e. The van der Waals surface area contributed by atoms with Gasteiger partial charge in [-0.2, -0.15) is 0 Å².